The Balaban J connectivity index is 2.31. The monoisotopic (exact) mass is 401 g/mol. The van der Waals surface area contributed by atoms with Gasteiger partial charge in [0.15, 0.2) is 0 Å². The van der Waals surface area contributed by atoms with Crippen molar-refractivity contribution in [2.24, 2.45) is 0 Å². The predicted octanol–water partition coefficient (Wildman–Crippen LogP) is 5.43. The Kier molecular flexibility index (Phi) is 4.66. The van der Waals surface area contributed by atoms with Crippen molar-refractivity contribution >= 4 is 55.1 Å². The second-order valence-corrected chi connectivity index (χ2v) is 6.17. The summed E-state index contributed by atoms with van der Waals surface area (Å²) in [5, 5.41) is 3.32. The molecule has 5 heteroatoms. The standard InChI is InChI=1S/C14H10Br2ClNO/c1-8-10(3-2-4-11(8)16)14(19)18-13-7-9(15)5-6-12(13)17/h2-7H,1H3,(H,18,19). The third-order valence-corrected chi connectivity index (χ3v) is 4.37. The fourth-order valence-corrected chi connectivity index (χ4v) is 2.53. The van der Waals surface area contributed by atoms with E-state index in [1.807, 2.05) is 25.1 Å². The van der Waals surface area contributed by atoms with Crippen LogP contribution in [0.3, 0.4) is 0 Å². The maximum Gasteiger partial charge on any atom is 0.256 e. The van der Waals surface area contributed by atoms with Gasteiger partial charge in [0.1, 0.15) is 0 Å². The van der Waals surface area contributed by atoms with Crippen LogP contribution in [0, 0.1) is 6.92 Å². The zero-order valence-corrected chi connectivity index (χ0v) is 13.9. The molecule has 1 N–H and O–H groups in total. The van der Waals surface area contributed by atoms with Gasteiger partial charge >= 0.3 is 0 Å². The van der Waals surface area contributed by atoms with Crippen molar-refractivity contribution in [3.8, 4) is 0 Å². The van der Waals surface area contributed by atoms with Crippen LogP contribution < -0.4 is 5.32 Å². The van der Waals surface area contributed by atoms with Crippen molar-refractivity contribution in [1.82, 2.24) is 0 Å². The van der Waals surface area contributed by atoms with E-state index in [2.05, 4.69) is 37.2 Å². The number of anilines is 1. The first-order chi connectivity index (χ1) is 8.99. The molecule has 98 valence electrons. The maximum atomic E-state index is 12.2. The van der Waals surface area contributed by atoms with Crippen molar-refractivity contribution in [3.05, 3.63) is 61.5 Å². The minimum atomic E-state index is -0.182. The minimum Gasteiger partial charge on any atom is -0.321 e. The summed E-state index contributed by atoms with van der Waals surface area (Å²) < 4.78 is 1.76. The number of carbonyl (C=O) groups excluding carboxylic acids is 1. The van der Waals surface area contributed by atoms with E-state index < -0.39 is 0 Å². The largest absolute Gasteiger partial charge is 0.321 e. The Morgan fingerprint density at radius 1 is 1.21 bits per heavy atom. The van der Waals surface area contributed by atoms with E-state index in [0.29, 0.717) is 16.3 Å². The molecular formula is C14H10Br2ClNO. The average Bonchev–Trinajstić information content (AvgIpc) is 2.37. The van der Waals surface area contributed by atoms with E-state index in [9.17, 15) is 4.79 Å². The van der Waals surface area contributed by atoms with Crippen molar-refractivity contribution in [2.45, 2.75) is 6.92 Å². The van der Waals surface area contributed by atoms with Gasteiger partial charge in [0.25, 0.3) is 5.91 Å². The zero-order chi connectivity index (χ0) is 14.0. The Labute approximate surface area is 133 Å². The van der Waals surface area contributed by atoms with Gasteiger partial charge in [-0.25, -0.2) is 0 Å². The van der Waals surface area contributed by atoms with Gasteiger partial charge in [-0.1, -0.05) is 49.5 Å². The smallest absolute Gasteiger partial charge is 0.256 e. The number of amides is 1. The Morgan fingerprint density at radius 2 is 1.95 bits per heavy atom. The summed E-state index contributed by atoms with van der Waals surface area (Å²) in [4.78, 5) is 12.2. The van der Waals surface area contributed by atoms with E-state index in [1.165, 1.54) is 0 Å². The molecule has 19 heavy (non-hydrogen) atoms. The minimum absolute atomic E-state index is 0.182. The molecular weight excluding hydrogens is 393 g/mol. The molecule has 0 heterocycles. The Morgan fingerprint density at radius 3 is 2.68 bits per heavy atom. The summed E-state index contributed by atoms with van der Waals surface area (Å²) in [6.07, 6.45) is 0. The van der Waals surface area contributed by atoms with Crippen molar-refractivity contribution in [1.29, 1.82) is 0 Å². The van der Waals surface area contributed by atoms with Crippen LogP contribution in [0.15, 0.2) is 45.3 Å². The van der Waals surface area contributed by atoms with Gasteiger partial charge in [-0.15, -0.1) is 0 Å². The first-order valence-electron chi connectivity index (χ1n) is 5.50. The van der Waals surface area contributed by atoms with Crippen molar-refractivity contribution in [3.63, 3.8) is 0 Å². The molecule has 0 atom stereocenters. The molecule has 0 saturated heterocycles. The summed E-state index contributed by atoms with van der Waals surface area (Å²) in [5.74, 6) is -0.182. The first-order valence-corrected chi connectivity index (χ1v) is 7.47. The van der Waals surface area contributed by atoms with Crippen LogP contribution in [0.1, 0.15) is 15.9 Å². The fraction of sp³-hybridized carbons (Fsp3) is 0.0714. The van der Waals surface area contributed by atoms with Crippen LogP contribution in [0.5, 0.6) is 0 Å². The Bertz CT molecular complexity index is 643. The van der Waals surface area contributed by atoms with E-state index in [-0.39, 0.29) is 5.91 Å². The van der Waals surface area contributed by atoms with E-state index in [4.69, 9.17) is 11.6 Å². The second kappa shape index (κ2) is 6.07. The van der Waals surface area contributed by atoms with Crippen LogP contribution >= 0.6 is 43.5 Å². The number of hydrogen-bond donors (Lipinski definition) is 1. The normalized spacial score (nSPS) is 10.3. The molecule has 2 nitrogen and oxygen atoms in total. The number of halogens is 3. The molecule has 0 aliphatic heterocycles. The molecule has 0 fully saturated rings. The molecule has 0 aromatic heterocycles. The molecule has 0 bridgehead atoms. The average molecular weight is 404 g/mol. The van der Waals surface area contributed by atoms with Gasteiger partial charge in [-0.3, -0.25) is 4.79 Å². The molecule has 0 radical (unpaired) electrons. The van der Waals surface area contributed by atoms with Crippen LogP contribution in [-0.2, 0) is 0 Å². The molecule has 2 aromatic rings. The molecule has 0 spiro atoms. The highest BCUT2D eigenvalue weighted by Gasteiger charge is 2.12. The van der Waals surface area contributed by atoms with Gasteiger partial charge in [-0.05, 0) is 42.8 Å². The predicted molar refractivity (Wildman–Crippen MR) is 86.0 cm³/mol. The fourth-order valence-electron chi connectivity index (χ4n) is 1.64. The van der Waals surface area contributed by atoms with E-state index in [0.717, 1.165) is 14.5 Å². The molecule has 1 amide bonds. The number of hydrogen-bond acceptors (Lipinski definition) is 1. The van der Waals surface area contributed by atoms with Crippen LogP contribution in [-0.4, -0.2) is 5.91 Å². The quantitative estimate of drug-likeness (QED) is 0.712. The van der Waals surface area contributed by atoms with Crippen molar-refractivity contribution in [2.75, 3.05) is 5.32 Å². The molecule has 0 aliphatic carbocycles. The van der Waals surface area contributed by atoms with E-state index in [1.54, 1.807) is 18.2 Å². The van der Waals surface area contributed by atoms with E-state index >= 15 is 0 Å². The van der Waals surface area contributed by atoms with Gasteiger partial charge in [0, 0.05) is 14.5 Å². The third-order valence-electron chi connectivity index (χ3n) is 2.69. The van der Waals surface area contributed by atoms with Gasteiger partial charge in [0.2, 0.25) is 0 Å². The highest BCUT2D eigenvalue weighted by Crippen LogP contribution is 2.27. The van der Waals surface area contributed by atoms with Crippen LogP contribution in [0.4, 0.5) is 5.69 Å². The number of benzene rings is 2. The highest BCUT2D eigenvalue weighted by atomic mass is 79.9. The van der Waals surface area contributed by atoms with Gasteiger partial charge in [-0.2, -0.15) is 0 Å². The number of carbonyl (C=O) groups is 1. The van der Waals surface area contributed by atoms with Gasteiger partial charge in [0.05, 0.1) is 10.7 Å². The molecule has 0 aliphatic rings. The second-order valence-electron chi connectivity index (χ2n) is 3.99. The number of rotatable bonds is 2. The van der Waals surface area contributed by atoms with Crippen LogP contribution in [0.25, 0.3) is 0 Å². The summed E-state index contributed by atoms with van der Waals surface area (Å²) in [7, 11) is 0. The highest BCUT2D eigenvalue weighted by molar-refractivity contribution is 9.10. The number of nitrogens with one attached hydrogen (secondary N) is 1. The lowest BCUT2D eigenvalue weighted by molar-refractivity contribution is 0.102. The molecule has 0 saturated carbocycles. The van der Waals surface area contributed by atoms with Gasteiger partial charge < -0.3 is 5.32 Å². The lowest BCUT2D eigenvalue weighted by Crippen LogP contribution is -2.13. The maximum absolute atomic E-state index is 12.2. The van der Waals surface area contributed by atoms with Crippen molar-refractivity contribution < 1.29 is 4.79 Å². The Hall–Kier alpha value is -0.840. The third kappa shape index (κ3) is 3.38. The SMILES string of the molecule is Cc1c(Br)cccc1C(=O)Nc1cc(Br)ccc1Cl. The summed E-state index contributed by atoms with van der Waals surface area (Å²) in [5.41, 5.74) is 2.09. The topological polar surface area (TPSA) is 29.1 Å². The summed E-state index contributed by atoms with van der Waals surface area (Å²) >= 11 is 12.8. The summed E-state index contributed by atoms with van der Waals surface area (Å²) in [6, 6.07) is 10.8. The molecule has 2 aromatic carbocycles. The zero-order valence-electron chi connectivity index (χ0n) is 10.0. The first kappa shape index (κ1) is 14.6. The van der Waals surface area contributed by atoms with Crippen LogP contribution in [0.2, 0.25) is 5.02 Å². The molecule has 0 unspecified atom stereocenters. The molecule has 2 rings (SSSR count). The summed E-state index contributed by atoms with van der Waals surface area (Å²) in [6.45, 7) is 1.89. The lowest BCUT2D eigenvalue weighted by Gasteiger charge is -2.10. The lowest BCUT2D eigenvalue weighted by atomic mass is 10.1.